The minimum absolute atomic E-state index is 0.269. The molecule has 0 heterocycles. The molecule has 3 N–H and O–H groups in total. The molecule has 0 aromatic carbocycles. The maximum atomic E-state index is 11.5. The van der Waals surface area contributed by atoms with Crippen LogP contribution in [0.5, 0.6) is 0 Å². The normalized spacial score (nSPS) is 11.4. The van der Waals surface area contributed by atoms with E-state index in [-0.39, 0.29) is 6.54 Å². The van der Waals surface area contributed by atoms with Gasteiger partial charge in [-0.05, 0) is 6.92 Å². The summed E-state index contributed by atoms with van der Waals surface area (Å²) in [7, 11) is 1.46. The molecule has 2 amide bonds. The number of amides is 2. The van der Waals surface area contributed by atoms with Gasteiger partial charge in [-0.15, -0.1) is 0 Å². The smallest absolute Gasteiger partial charge is 0.326 e. The van der Waals surface area contributed by atoms with Crippen LogP contribution in [-0.4, -0.2) is 52.7 Å². The number of hydrogen-bond donors (Lipinski definition) is 3. The number of likely N-dealkylation sites (N-methyl/N-ethyl adjacent to an activating group) is 1. The first kappa shape index (κ1) is 14.9. The van der Waals surface area contributed by atoms with Gasteiger partial charge in [0.05, 0.1) is 6.42 Å². The van der Waals surface area contributed by atoms with E-state index < -0.39 is 30.4 Å². The number of carboxylic acid groups (broad SMARTS) is 2. The highest BCUT2D eigenvalue weighted by molar-refractivity contribution is 5.86. The van der Waals surface area contributed by atoms with E-state index in [4.69, 9.17) is 10.2 Å². The zero-order chi connectivity index (χ0) is 13.6. The Morgan fingerprint density at radius 1 is 1.35 bits per heavy atom. The Hall–Kier alpha value is -2.05. The van der Waals surface area contributed by atoms with E-state index in [0.717, 1.165) is 5.57 Å². The summed E-state index contributed by atoms with van der Waals surface area (Å²) in [6.07, 6.45) is -0.665. The van der Waals surface area contributed by atoms with Crippen LogP contribution in [0.2, 0.25) is 0 Å². The first-order valence-electron chi connectivity index (χ1n) is 4.84. The summed E-state index contributed by atoms with van der Waals surface area (Å²) in [4.78, 5) is 33.8. The van der Waals surface area contributed by atoms with Crippen LogP contribution >= 0.6 is 0 Å². The molecule has 1 atom stereocenters. The van der Waals surface area contributed by atoms with Gasteiger partial charge in [0.15, 0.2) is 0 Å². The van der Waals surface area contributed by atoms with Gasteiger partial charge in [-0.3, -0.25) is 4.79 Å². The fraction of sp³-hybridized carbons (Fsp3) is 0.500. The molecule has 7 nitrogen and oxygen atoms in total. The highest BCUT2D eigenvalue weighted by atomic mass is 16.4. The fourth-order valence-corrected chi connectivity index (χ4v) is 1.11. The number of aliphatic carboxylic acids is 2. The van der Waals surface area contributed by atoms with Gasteiger partial charge >= 0.3 is 18.0 Å². The molecule has 0 aromatic heterocycles. The van der Waals surface area contributed by atoms with E-state index in [2.05, 4.69) is 11.9 Å². The molecule has 0 aliphatic heterocycles. The van der Waals surface area contributed by atoms with Crippen molar-refractivity contribution in [3.05, 3.63) is 12.2 Å². The first-order chi connectivity index (χ1) is 7.73. The van der Waals surface area contributed by atoms with Crippen LogP contribution in [0.4, 0.5) is 4.79 Å². The van der Waals surface area contributed by atoms with E-state index in [9.17, 15) is 14.4 Å². The van der Waals surface area contributed by atoms with E-state index in [1.807, 2.05) is 0 Å². The maximum absolute atomic E-state index is 11.5. The van der Waals surface area contributed by atoms with Gasteiger partial charge in [0.2, 0.25) is 0 Å². The van der Waals surface area contributed by atoms with Gasteiger partial charge in [-0.1, -0.05) is 12.2 Å². The molecule has 0 bridgehead atoms. The zero-order valence-corrected chi connectivity index (χ0v) is 9.77. The zero-order valence-electron chi connectivity index (χ0n) is 9.77. The lowest BCUT2D eigenvalue weighted by Gasteiger charge is -2.20. The second kappa shape index (κ2) is 6.51. The summed E-state index contributed by atoms with van der Waals surface area (Å²) in [6, 6.07) is -2.09. The minimum atomic E-state index is -1.44. The van der Waals surface area contributed by atoms with Crippen LogP contribution in [0, 0.1) is 0 Å². The second-order valence-corrected chi connectivity index (χ2v) is 3.75. The quantitative estimate of drug-likeness (QED) is 0.576. The average molecular weight is 244 g/mol. The Morgan fingerprint density at radius 3 is 2.24 bits per heavy atom. The van der Waals surface area contributed by atoms with Crippen molar-refractivity contribution in [1.82, 2.24) is 10.2 Å². The predicted molar refractivity (Wildman–Crippen MR) is 59.7 cm³/mol. The van der Waals surface area contributed by atoms with Crippen LogP contribution in [-0.2, 0) is 9.59 Å². The topological polar surface area (TPSA) is 107 Å². The third-order valence-corrected chi connectivity index (χ3v) is 1.83. The molecule has 96 valence electrons. The molecular weight excluding hydrogens is 228 g/mol. The molecular formula is C10H16N2O5. The first-order valence-corrected chi connectivity index (χ1v) is 4.84. The summed E-state index contributed by atoms with van der Waals surface area (Å²) >= 11 is 0. The van der Waals surface area contributed by atoms with Crippen LogP contribution in [0.3, 0.4) is 0 Å². The lowest BCUT2D eigenvalue weighted by Crippen LogP contribution is -2.47. The van der Waals surface area contributed by atoms with Crippen molar-refractivity contribution in [2.75, 3.05) is 13.6 Å². The van der Waals surface area contributed by atoms with Gasteiger partial charge < -0.3 is 20.4 Å². The van der Waals surface area contributed by atoms with Crippen LogP contribution < -0.4 is 5.32 Å². The van der Waals surface area contributed by atoms with Crippen molar-refractivity contribution >= 4 is 18.0 Å². The molecule has 0 saturated heterocycles. The maximum Gasteiger partial charge on any atom is 0.326 e. The van der Waals surface area contributed by atoms with E-state index in [1.165, 1.54) is 11.9 Å². The number of nitrogens with zero attached hydrogens (tertiary/aromatic N) is 1. The Morgan fingerprint density at radius 2 is 1.88 bits per heavy atom. The summed E-state index contributed by atoms with van der Waals surface area (Å²) in [6.45, 7) is 5.60. The number of nitrogens with one attached hydrogen (secondary N) is 1. The lowest BCUT2D eigenvalue weighted by atomic mass is 10.2. The molecule has 17 heavy (non-hydrogen) atoms. The molecule has 0 fully saturated rings. The second-order valence-electron chi connectivity index (χ2n) is 3.75. The van der Waals surface area contributed by atoms with Crippen molar-refractivity contribution in [3.63, 3.8) is 0 Å². The number of hydrogen-bond acceptors (Lipinski definition) is 3. The summed E-state index contributed by atoms with van der Waals surface area (Å²) in [5.74, 6) is -2.68. The van der Waals surface area contributed by atoms with Gasteiger partial charge in [-0.25, -0.2) is 9.59 Å². The van der Waals surface area contributed by atoms with E-state index in [0.29, 0.717) is 0 Å². The standard InChI is InChI=1S/C10H16N2O5/c1-6(2)5-12(3)10(17)11-7(9(15)16)4-8(13)14/h7H,1,4-5H2,2-3H3,(H,11,17)(H,13,14)(H,15,16). The van der Waals surface area contributed by atoms with Crippen molar-refractivity contribution in [2.24, 2.45) is 0 Å². The number of urea groups is 1. The number of carbonyl (C=O) groups is 3. The molecule has 0 aromatic rings. The average Bonchev–Trinajstić information content (AvgIpc) is 2.14. The van der Waals surface area contributed by atoms with Crippen LogP contribution in [0.25, 0.3) is 0 Å². The lowest BCUT2D eigenvalue weighted by molar-refractivity contribution is -0.145. The van der Waals surface area contributed by atoms with Crippen LogP contribution in [0.15, 0.2) is 12.2 Å². The van der Waals surface area contributed by atoms with Gasteiger partial charge in [0.1, 0.15) is 6.04 Å². The van der Waals surface area contributed by atoms with Crippen molar-refractivity contribution < 1.29 is 24.6 Å². The van der Waals surface area contributed by atoms with Crippen molar-refractivity contribution in [3.8, 4) is 0 Å². The number of rotatable bonds is 6. The predicted octanol–water partition coefficient (Wildman–Crippen LogP) is 0.132. The Balaban J connectivity index is 4.44. The van der Waals surface area contributed by atoms with Gasteiger partial charge in [0, 0.05) is 13.6 Å². The largest absolute Gasteiger partial charge is 0.481 e. The van der Waals surface area contributed by atoms with Crippen molar-refractivity contribution in [2.45, 2.75) is 19.4 Å². The van der Waals surface area contributed by atoms with Gasteiger partial charge in [-0.2, -0.15) is 0 Å². The Bertz CT molecular complexity index is 340. The summed E-state index contributed by atoms with van der Waals surface area (Å²) in [5.41, 5.74) is 0.729. The SMILES string of the molecule is C=C(C)CN(C)C(=O)NC(CC(=O)O)C(=O)O. The van der Waals surface area contributed by atoms with Crippen molar-refractivity contribution in [1.29, 1.82) is 0 Å². The third-order valence-electron chi connectivity index (χ3n) is 1.83. The van der Waals surface area contributed by atoms with E-state index >= 15 is 0 Å². The molecule has 1 unspecified atom stereocenters. The number of carboxylic acids is 2. The highest BCUT2D eigenvalue weighted by Gasteiger charge is 2.24. The summed E-state index contributed by atoms with van der Waals surface area (Å²) < 4.78 is 0. The molecule has 0 radical (unpaired) electrons. The Kier molecular flexibility index (Phi) is 5.73. The molecule has 7 heteroatoms. The molecule has 0 spiro atoms. The van der Waals surface area contributed by atoms with E-state index in [1.54, 1.807) is 6.92 Å². The molecule has 0 saturated carbocycles. The fourth-order valence-electron chi connectivity index (χ4n) is 1.11. The van der Waals surface area contributed by atoms with Crippen LogP contribution in [0.1, 0.15) is 13.3 Å². The molecule has 0 aliphatic rings. The minimum Gasteiger partial charge on any atom is -0.481 e. The van der Waals surface area contributed by atoms with Gasteiger partial charge in [0.25, 0.3) is 0 Å². The highest BCUT2D eigenvalue weighted by Crippen LogP contribution is 1.97. The third kappa shape index (κ3) is 6.18. The number of carbonyl (C=O) groups excluding carboxylic acids is 1. The monoisotopic (exact) mass is 244 g/mol. The molecule has 0 rings (SSSR count). The Labute approximate surface area is 98.7 Å². The summed E-state index contributed by atoms with van der Waals surface area (Å²) in [5, 5.41) is 19.3. The molecule has 0 aliphatic carbocycles.